The van der Waals surface area contributed by atoms with Crippen LogP contribution in [0.2, 0.25) is 5.02 Å². The maximum Gasteiger partial charge on any atom is 0.352 e. The average molecular weight is 933 g/mol. The number of piperazine rings is 1. The van der Waals surface area contributed by atoms with Gasteiger partial charge in [-0.05, 0) is 86.5 Å². The van der Waals surface area contributed by atoms with Crippen LogP contribution in [0.4, 0.5) is 4.39 Å². The quantitative estimate of drug-likeness (QED) is 0.0949. The van der Waals surface area contributed by atoms with Gasteiger partial charge < -0.3 is 24.0 Å². The predicted octanol–water partition coefficient (Wildman–Crippen LogP) is 6.17. The summed E-state index contributed by atoms with van der Waals surface area (Å²) < 4.78 is 32.6. The third-order valence-electron chi connectivity index (χ3n) is 13.2. The van der Waals surface area contributed by atoms with Gasteiger partial charge in [0.15, 0.2) is 6.61 Å². The van der Waals surface area contributed by atoms with E-state index in [1.807, 2.05) is 55.8 Å². The molecule has 0 aliphatic carbocycles. The van der Waals surface area contributed by atoms with Gasteiger partial charge >= 0.3 is 11.7 Å². The lowest BCUT2D eigenvalue weighted by Crippen LogP contribution is -2.50. The summed E-state index contributed by atoms with van der Waals surface area (Å²) in [6.07, 6.45) is 1.21. The molecule has 1 unspecified atom stereocenters. The molecule has 16 nitrogen and oxygen atoms in total. The normalized spacial score (nSPS) is 15.8. The Labute approximate surface area is 389 Å². The van der Waals surface area contributed by atoms with Crippen LogP contribution in [0.15, 0.2) is 71.5 Å². The van der Waals surface area contributed by atoms with Gasteiger partial charge in [0.25, 0.3) is 5.91 Å². The maximum absolute atomic E-state index is 13.9. The Morgan fingerprint density at radius 1 is 0.896 bits per heavy atom. The second-order valence-electron chi connectivity index (χ2n) is 17.2. The molecule has 3 aromatic heterocycles. The fourth-order valence-corrected chi connectivity index (χ4v) is 10.1. The maximum atomic E-state index is 13.9. The van der Waals surface area contributed by atoms with E-state index in [2.05, 4.69) is 15.3 Å². The van der Waals surface area contributed by atoms with Gasteiger partial charge in [-0.3, -0.25) is 38.4 Å². The number of imide groups is 1. The number of aryl methyl sites for hydroxylation is 4. The zero-order valence-electron chi connectivity index (χ0n) is 37.6. The smallest absolute Gasteiger partial charge is 0.352 e. The fraction of sp³-hybridized carbons (Fsp3) is 0.347. The molecule has 2 saturated heterocycles. The van der Waals surface area contributed by atoms with Crippen LogP contribution < -0.4 is 20.5 Å². The summed E-state index contributed by atoms with van der Waals surface area (Å²) in [7, 11) is 3.44. The van der Waals surface area contributed by atoms with Crippen LogP contribution in [0, 0.1) is 19.7 Å². The zero-order chi connectivity index (χ0) is 47.3. The van der Waals surface area contributed by atoms with Crippen molar-refractivity contribution in [2.75, 3.05) is 45.9 Å². The van der Waals surface area contributed by atoms with Crippen LogP contribution in [-0.4, -0.2) is 108 Å². The number of aromatic nitrogens is 5. The number of carbonyl (C=O) groups is 4. The third kappa shape index (κ3) is 8.41. The first-order chi connectivity index (χ1) is 32.2. The molecule has 2 aliphatic rings. The van der Waals surface area contributed by atoms with Crippen molar-refractivity contribution >= 4 is 68.0 Å². The Kier molecular flexibility index (Phi) is 12.4. The summed E-state index contributed by atoms with van der Waals surface area (Å²) >= 11 is 7.06. The SMILES string of the molecule is Cc1nn(C)c(C)c1-c1c(Cl)ccc2c(CCCOc3cccc4cc(F)ccc34)c(C(=O)O)n(CCN3CCN(C(=O)COc4cccc5c4n(C)c(=O)n5C4CCC(=O)NC4=O)CC3)c12. The lowest BCUT2D eigenvalue weighted by atomic mass is 9.98. The first kappa shape index (κ1) is 45.2. The minimum atomic E-state index is -1.07. The number of imidazole rings is 1. The molecule has 0 spiro atoms. The highest BCUT2D eigenvalue weighted by Crippen LogP contribution is 2.42. The Morgan fingerprint density at radius 3 is 2.37 bits per heavy atom. The number of amides is 3. The molecule has 7 aromatic rings. The van der Waals surface area contributed by atoms with Crippen molar-refractivity contribution in [1.82, 2.24) is 38.6 Å². The molecule has 0 bridgehead atoms. The first-order valence-electron chi connectivity index (χ1n) is 22.3. The summed E-state index contributed by atoms with van der Waals surface area (Å²) in [5.74, 6) is -1.62. The highest BCUT2D eigenvalue weighted by Gasteiger charge is 2.33. The van der Waals surface area contributed by atoms with Gasteiger partial charge in [0.2, 0.25) is 11.8 Å². The highest BCUT2D eigenvalue weighted by atomic mass is 35.5. The van der Waals surface area contributed by atoms with Crippen molar-refractivity contribution in [3.05, 3.63) is 111 Å². The van der Waals surface area contributed by atoms with Gasteiger partial charge in [0.05, 0.1) is 28.4 Å². The molecule has 1 atom stereocenters. The molecule has 5 heterocycles. The van der Waals surface area contributed by atoms with Crippen molar-refractivity contribution in [3.63, 3.8) is 0 Å². The molecular formula is C49H50ClFN8O8. The van der Waals surface area contributed by atoms with Gasteiger partial charge in [-0.15, -0.1) is 0 Å². The molecular weight excluding hydrogens is 883 g/mol. The van der Waals surface area contributed by atoms with Crippen LogP contribution in [0.5, 0.6) is 11.5 Å². The van der Waals surface area contributed by atoms with Gasteiger partial charge in [0, 0.05) is 87.4 Å². The number of benzene rings is 4. The number of halogens is 2. The van der Waals surface area contributed by atoms with Crippen molar-refractivity contribution in [3.8, 4) is 22.6 Å². The van der Waals surface area contributed by atoms with E-state index >= 15 is 0 Å². The standard InChI is InChI=1S/C49H50ClFN8O8/c1-28-42(29(2)55(4)53-28)43-35(50)16-15-34-33(9-7-25-66-38-11-5-8-30-26-31(51)13-14-32(30)38)45(48(63)64)58(44(34)43)24-21-56-19-22-57(23-20-56)41(61)27-67-39-12-6-10-36-46(39)54(3)49(65)59(36)37-17-18-40(60)52-47(37)62/h5-6,8,10-16,26,37H,7,9,17-25,27H2,1-4H3,(H,63,64)(H,52,60,62). The third-order valence-corrected chi connectivity index (χ3v) is 13.5. The average Bonchev–Trinajstić information content (AvgIpc) is 3.86. The number of carboxylic acids is 1. The van der Waals surface area contributed by atoms with Gasteiger partial charge in [-0.1, -0.05) is 35.9 Å². The summed E-state index contributed by atoms with van der Waals surface area (Å²) in [5, 5.41) is 20.7. The van der Waals surface area contributed by atoms with E-state index in [1.165, 1.54) is 21.3 Å². The summed E-state index contributed by atoms with van der Waals surface area (Å²) in [6, 6.07) is 18.0. The van der Waals surface area contributed by atoms with Gasteiger partial charge in [0.1, 0.15) is 34.6 Å². The molecule has 2 aliphatic heterocycles. The van der Waals surface area contributed by atoms with E-state index < -0.39 is 23.6 Å². The van der Waals surface area contributed by atoms with Crippen LogP contribution >= 0.6 is 11.6 Å². The number of carboxylic acid groups (broad SMARTS) is 1. The molecule has 0 saturated carbocycles. The lowest BCUT2D eigenvalue weighted by molar-refractivity contribution is -0.136. The van der Waals surface area contributed by atoms with Crippen molar-refractivity contribution in [1.29, 1.82) is 0 Å². The van der Waals surface area contributed by atoms with E-state index in [0.29, 0.717) is 103 Å². The largest absolute Gasteiger partial charge is 0.493 e. The Bertz CT molecular complexity index is 3200. The number of hydrogen-bond donors (Lipinski definition) is 2. The second kappa shape index (κ2) is 18.4. The second-order valence-corrected chi connectivity index (χ2v) is 17.6. The predicted molar refractivity (Wildman–Crippen MR) is 250 cm³/mol. The van der Waals surface area contributed by atoms with Crippen molar-refractivity contribution in [2.45, 2.75) is 52.1 Å². The number of aromatic carboxylic acids is 1. The van der Waals surface area contributed by atoms with E-state index in [-0.39, 0.29) is 42.8 Å². The number of para-hydroxylation sites is 1. The van der Waals surface area contributed by atoms with E-state index in [9.17, 15) is 33.5 Å². The van der Waals surface area contributed by atoms with Gasteiger partial charge in [-0.25, -0.2) is 14.0 Å². The summed E-state index contributed by atoms with van der Waals surface area (Å²) in [6.45, 7) is 6.61. The molecule has 3 amide bonds. The number of fused-ring (bicyclic) bond motifs is 3. The number of carbonyl (C=O) groups excluding carboxylic acids is 3. The molecule has 18 heteroatoms. The van der Waals surface area contributed by atoms with Crippen LogP contribution in [0.25, 0.3) is 43.8 Å². The minimum Gasteiger partial charge on any atom is -0.493 e. The van der Waals surface area contributed by atoms with Crippen molar-refractivity contribution in [2.24, 2.45) is 14.1 Å². The molecule has 4 aromatic carbocycles. The Morgan fingerprint density at radius 2 is 1.64 bits per heavy atom. The topological polar surface area (TPSA) is 175 Å². The van der Waals surface area contributed by atoms with E-state index in [4.69, 9.17) is 21.1 Å². The minimum absolute atomic E-state index is 0.114. The highest BCUT2D eigenvalue weighted by molar-refractivity contribution is 6.35. The zero-order valence-corrected chi connectivity index (χ0v) is 38.4. The summed E-state index contributed by atoms with van der Waals surface area (Å²) in [4.78, 5) is 68.8. The molecule has 2 fully saturated rings. The number of nitrogens with one attached hydrogen (secondary N) is 1. The van der Waals surface area contributed by atoms with Gasteiger partial charge in [-0.2, -0.15) is 5.10 Å². The number of ether oxygens (including phenoxy) is 2. The Hall–Kier alpha value is -6.98. The number of nitrogens with zero attached hydrogens (tertiary/aromatic N) is 7. The van der Waals surface area contributed by atoms with Crippen LogP contribution in [0.3, 0.4) is 0 Å². The first-order valence-corrected chi connectivity index (χ1v) is 22.6. The molecule has 2 N–H and O–H groups in total. The molecule has 0 radical (unpaired) electrons. The molecule has 67 heavy (non-hydrogen) atoms. The Balaban J connectivity index is 0.916. The monoisotopic (exact) mass is 932 g/mol. The summed E-state index contributed by atoms with van der Waals surface area (Å²) in [5.41, 5.74) is 5.21. The fourth-order valence-electron chi connectivity index (χ4n) is 9.81. The molecule has 9 rings (SSSR count). The number of hydrogen-bond acceptors (Lipinski definition) is 9. The van der Waals surface area contributed by atoms with E-state index in [0.717, 1.165) is 33.1 Å². The molecule has 348 valence electrons. The van der Waals surface area contributed by atoms with Crippen LogP contribution in [-0.2, 0) is 41.4 Å². The van der Waals surface area contributed by atoms with Crippen LogP contribution in [0.1, 0.15) is 52.7 Å². The number of piperidine rings is 1. The van der Waals surface area contributed by atoms with E-state index in [1.54, 1.807) is 40.9 Å². The van der Waals surface area contributed by atoms with Crippen molar-refractivity contribution < 1.29 is 38.1 Å². The lowest BCUT2D eigenvalue weighted by Gasteiger charge is -2.35. The number of rotatable bonds is 14.